The number of nitrogens with one attached hydrogen (secondary N) is 1. The number of allylic oxidation sites excluding steroid dienone is 2. The van der Waals surface area contributed by atoms with E-state index >= 15 is 0 Å². The van der Waals surface area contributed by atoms with Gasteiger partial charge in [0, 0.05) is 62.9 Å². The Morgan fingerprint density at radius 3 is 2.12 bits per heavy atom. The van der Waals surface area contributed by atoms with Gasteiger partial charge < -0.3 is 20.1 Å². The van der Waals surface area contributed by atoms with Gasteiger partial charge in [-0.3, -0.25) is 24.1 Å². The van der Waals surface area contributed by atoms with Gasteiger partial charge >= 0.3 is 11.9 Å². The number of carbonyl (C=O) groups is 4. The second kappa shape index (κ2) is 14.5. The number of aliphatic carboxylic acids is 1. The molecule has 0 aromatic rings. The molecule has 7 aliphatic rings. The number of carboxylic acid groups (broad SMARTS) is 1. The lowest BCUT2D eigenvalue weighted by Crippen LogP contribution is -2.66. The predicted octanol–water partition coefficient (Wildman–Crippen LogP) is 7.77. The third-order valence-corrected chi connectivity index (χ3v) is 18.8. The fraction of sp³-hybridized carbons (Fsp3) is 0.872. The zero-order valence-corrected chi connectivity index (χ0v) is 36.7. The Morgan fingerprint density at radius 2 is 1.50 bits per heavy atom. The average molecular weight is 778 g/mol. The van der Waals surface area contributed by atoms with E-state index in [1.54, 1.807) is 0 Å². The summed E-state index contributed by atoms with van der Waals surface area (Å²) in [6, 6.07) is 0. The molecule has 0 aromatic heterocycles. The van der Waals surface area contributed by atoms with Crippen molar-refractivity contribution in [2.24, 2.45) is 68.0 Å². The number of piperazine rings is 1. The van der Waals surface area contributed by atoms with Crippen LogP contribution >= 0.6 is 0 Å². The Bertz CT molecular complexity index is 1630. The van der Waals surface area contributed by atoms with E-state index in [2.05, 4.69) is 70.5 Å². The summed E-state index contributed by atoms with van der Waals surface area (Å²) in [6.07, 6.45) is 9.25. The number of carbonyl (C=O) groups excluding carboxylic acids is 3. The zero-order valence-electron chi connectivity index (χ0n) is 36.7. The average Bonchev–Trinajstić information content (AvgIpc) is 3.41. The molecule has 1 amide bonds. The second-order valence-electron chi connectivity index (χ2n) is 22.1. The maximum Gasteiger partial charge on any atom is 0.309 e. The minimum absolute atomic E-state index is 0.0224. The van der Waals surface area contributed by atoms with Gasteiger partial charge in [-0.1, -0.05) is 74.8 Å². The lowest BCUT2D eigenvalue weighted by Gasteiger charge is -2.72. The van der Waals surface area contributed by atoms with Gasteiger partial charge in [0.1, 0.15) is 6.10 Å². The molecule has 5 saturated carbocycles. The van der Waals surface area contributed by atoms with Crippen LogP contribution in [0, 0.1) is 68.0 Å². The van der Waals surface area contributed by atoms with Gasteiger partial charge in [-0.05, 0) is 115 Å². The topological polar surface area (TPSA) is 116 Å². The molecule has 314 valence electrons. The second-order valence-corrected chi connectivity index (χ2v) is 22.1. The summed E-state index contributed by atoms with van der Waals surface area (Å²) in [5, 5.41) is 13.0. The fourth-order valence-corrected chi connectivity index (χ4v) is 15.2. The number of rotatable bonds is 10. The molecule has 9 nitrogen and oxygen atoms in total. The smallest absolute Gasteiger partial charge is 0.309 e. The van der Waals surface area contributed by atoms with Gasteiger partial charge in [0.2, 0.25) is 5.91 Å². The summed E-state index contributed by atoms with van der Waals surface area (Å²) in [4.78, 5) is 58.3. The van der Waals surface area contributed by atoms with Crippen LogP contribution in [-0.2, 0) is 23.9 Å². The van der Waals surface area contributed by atoms with Crippen LogP contribution in [0.3, 0.4) is 0 Å². The van der Waals surface area contributed by atoms with E-state index in [0.29, 0.717) is 43.6 Å². The van der Waals surface area contributed by atoms with E-state index in [4.69, 9.17) is 4.74 Å². The van der Waals surface area contributed by atoms with Crippen molar-refractivity contribution in [3.05, 3.63) is 11.1 Å². The van der Waals surface area contributed by atoms with Crippen LogP contribution in [0.4, 0.5) is 0 Å². The number of nitrogens with zero attached hydrogens (tertiary/aromatic N) is 2. The largest absolute Gasteiger partial charge is 0.481 e. The third-order valence-electron chi connectivity index (χ3n) is 18.8. The molecule has 10 atom stereocenters. The van der Waals surface area contributed by atoms with Crippen LogP contribution < -0.4 is 5.32 Å². The molecule has 7 rings (SSSR count). The van der Waals surface area contributed by atoms with Gasteiger partial charge in [-0.2, -0.15) is 0 Å². The van der Waals surface area contributed by atoms with Crippen LogP contribution in [0.2, 0.25) is 0 Å². The molecule has 0 aromatic carbocycles. The first-order valence-corrected chi connectivity index (χ1v) is 22.6. The molecule has 0 spiro atoms. The lowest BCUT2D eigenvalue weighted by atomic mass is 9.33. The van der Waals surface area contributed by atoms with Crippen LogP contribution in [0.25, 0.3) is 0 Å². The van der Waals surface area contributed by atoms with E-state index in [1.165, 1.54) is 5.57 Å². The van der Waals surface area contributed by atoms with Crippen LogP contribution in [-0.4, -0.2) is 90.5 Å². The zero-order chi connectivity index (χ0) is 40.8. The highest BCUT2D eigenvalue weighted by atomic mass is 16.5. The lowest BCUT2D eigenvalue weighted by molar-refractivity contribution is -0.236. The number of hydrogen-bond donors (Lipinski definition) is 2. The first kappa shape index (κ1) is 41.9. The molecule has 2 N–H and O–H groups in total. The highest BCUT2D eigenvalue weighted by Crippen LogP contribution is 2.77. The number of amides is 1. The molecule has 1 aliphatic heterocycles. The number of Topliss-reactive ketones (excluding diaryl/α,β-unsaturated/α-hetero) is 1. The van der Waals surface area contributed by atoms with E-state index in [0.717, 1.165) is 96.2 Å². The van der Waals surface area contributed by atoms with E-state index in [-0.39, 0.29) is 62.7 Å². The number of likely N-dealkylation sites (N-methyl/N-ethyl adjacent to an activating group) is 1. The van der Waals surface area contributed by atoms with Crippen molar-refractivity contribution in [1.82, 2.24) is 15.1 Å². The monoisotopic (exact) mass is 778 g/mol. The van der Waals surface area contributed by atoms with Crippen molar-refractivity contribution in [1.29, 1.82) is 0 Å². The summed E-state index contributed by atoms with van der Waals surface area (Å²) < 4.78 is 6.43. The summed E-state index contributed by atoms with van der Waals surface area (Å²) >= 11 is 0. The maximum atomic E-state index is 14.1. The van der Waals surface area contributed by atoms with Gasteiger partial charge in [0.25, 0.3) is 0 Å². The highest BCUT2D eigenvalue weighted by molar-refractivity contribution is 6.01. The Hall–Kier alpha value is -2.26. The van der Waals surface area contributed by atoms with Crippen LogP contribution in [0.15, 0.2) is 11.1 Å². The quantitative estimate of drug-likeness (QED) is 0.216. The predicted molar refractivity (Wildman–Crippen MR) is 219 cm³/mol. The summed E-state index contributed by atoms with van der Waals surface area (Å²) in [5.41, 5.74) is 1.43. The molecule has 9 heteroatoms. The number of esters is 1. The Kier molecular flexibility index (Phi) is 10.8. The van der Waals surface area contributed by atoms with Gasteiger partial charge in [-0.15, -0.1) is 0 Å². The van der Waals surface area contributed by atoms with Crippen molar-refractivity contribution in [2.75, 3.05) is 45.8 Å². The maximum absolute atomic E-state index is 14.1. The number of ketones is 1. The summed E-state index contributed by atoms with van der Waals surface area (Å²) in [5.74, 6) is -0.171. The molecule has 0 bridgehead atoms. The molecule has 1 heterocycles. The van der Waals surface area contributed by atoms with E-state index < -0.39 is 17.3 Å². The Morgan fingerprint density at radius 1 is 0.821 bits per heavy atom. The van der Waals surface area contributed by atoms with E-state index in [1.807, 2.05) is 13.8 Å². The SMILES string of the molecule is CCN1CCN(CCNC(=O)C[C@@]23CC[C@]4(C)[C@H](CC[C@@H]5[C@@]6(C)CC[C@H](OC(=O)[C@H]7C[C@@H](C(=O)O)C7(C)C)C(C)(C)[C@@H]6CC[C@]54C)C2=C(C(C)C)C(=O)C3)CC1. The normalized spacial score (nSPS) is 41.9. The summed E-state index contributed by atoms with van der Waals surface area (Å²) in [6.45, 7) is 29.6. The minimum Gasteiger partial charge on any atom is -0.481 e. The molecule has 6 aliphatic carbocycles. The van der Waals surface area contributed by atoms with Gasteiger partial charge in [-0.25, -0.2) is 0 Å². The number of fused-ring (bicyclic) bond motifs is 7. The fourth-order valence-electron chi connectivity index (χ4n) is 15.2. The molecule has 1 saturated heterocycles. The van der Waals surface area contributed by atoms with Gasteiger partial charge in [0.05, 0.1) is 11.8 Å². The van der Waals surface area contributed by atoms with Crippen LogP contribution in [0.5, 0.6) is 0 Å². The van der Waals surface area contributed by atoms with Gasteiger partial charge in [0.15, 0.2) is 5.78 Å². The minimum atomic E-state index is -0.825. The number of hydrogen-bond acceptors (Lipinski definition) is 7. The van der Waals surface area contributed by atoms with E-state index in [9.17, 15) is 24.3 Å². The molecule has 0 unspecified atom stereocenters. The molecular weight excluding hydrogens is 703 g/mol. The van der Waals surface area contributed by atoms with Crippen molar-refractivity contribution >= 4 is 23.6 Å². The van der Waals surface area contributed by atoms with Crippen molar-refractivity contribution < 1.29 is 29.0 Å². The number of ether oxygens (including phenoxy) is 1. The molecule has 6 fully saturated rings. The van der Waals surface area contributed by atoms with Crippen LogP contribution in [0.1, 0.15) is 140 Å². The van der Waals surface area contributed by atoms with Crippen molar-refractivity contribution in [3.63, 3.8) is 0 Å². The molecule has 0 radical (unpaired) electrons. The Balaban J connectivity index is 1.08. The molecule has 56 heavy (non-hydrogen) atoms. The standard InChI is InChI=1S/C47H75N3O6/c1-11-49-22-24-50(25-23-49)21-20-48-37(52)28-47-19-18-45(9)30(39(47)38(29(2)3)33(51)27-47)12-13-35-44(8)16-15-36(43(6,7)34(44)14-17-46(35,45)10)56-41(55)32-26-31(40(53)54)42(32,4)5/h29-32,34-36H,11-28H2,1-10H3,(H,48,52)(H,53,54)/t30-,31+,32-,34+,35-,36+,44+,45-,46-,47+/m1/s1. The Labute approximate surface area is 337 Å². The molecular formula is C47H75N3O6. The number of carboxylic acids is 1. The van der Waals surface area contributed by atoms with Crippen molar-refractivity contribution in [2.45, 2.75) is 146 Å². The summed E-state index contributed by atoms with van der Waals surface area (Å²) in [7, 11) is 0. The first-order valence-electron chi connectivity index (χ1n) is 22.6. The third kappa shape index (κ3) is 6.36. The first-order chi connectivity index (χ1) is 26.2. The van der Waals surface area contributed by atoms with Crippen molar-refractivity contribution in [3.8, 4) is 0 Å². The highest BCUT2D eigenvalue weighted by Gasteiger charge is 2.70.